The summed E-state index contributed by atoms with van der Waals surface area (Å²) in [6.07, 6.45) is -0.133. The third kappa shape index (κ3) is 4.30. The highest BCUT2D eigenvalue weighted by atomic mass is 35.5. The molecule has 0 spiro atoms. The van der Waals surface area contributed by atoms with Crippen molar-refractivity contribution in [1.82, 2.24) is 0 Å². The van der Waals surface area contributed by atoms with E-state index in [0.717, 1.165) is 6.07 Å². The van der Waals surface area contributed by atoms with Crippen molar-refractivity contribution in [2.75, 3.05) is 7.11 Å². The molecule has 0 aliphatic heterocycles. The van der Waals surface area contributed by atoms with Gasteiger partial charge in [0.05, 0.1) is 25.5 Å². The van der Waals surface area contributed by atoms with Crippen molar-refractivity contribution < 1.29 is 18.3 Å². The second-order valence-electron chi connectivity index (χ2n) is 5.25. The Morgan fingerprint density at radius 1 is 1.17 bits per heavy atom. The van der Waals surface area contributed by atoms with Crippen LogP contribution in [0, 0.1) is 23.0 Å². The van der Waals surface area contributed by atoms with Gasteiger partial charge in [-0.3, -0.25) is 4.79 Å². The molecule has 2 aromatic rings. The van der Waals surface area contributed by atoms with Gasteiger partial charge in [0.15, 0.2) is 0 Å². The van der Waals surface area contributed by atoms with Crippen molar-refractivity contribution in [2.24, 2.45) is 0 Å². The van der Waals surface area contributed by atoms with Crippen LogP contribution in [-0.4, -0.2) is 13.1 Å². The topological polar surface area (TPSA) is 50.1 Å². The van der Waals surface area contributed by atoms with Gasteiger partial charge in [-0.25, -0.2) is 8.78 Å². The molecule has 2 atom stereocenters. The number of nitrogens with zero attached hydrogens (tertiary/aromatic N) is 1. The summed E-state index contributed by atoms with van der Waals surface area (Å²) >= 11 is 5.89. The average molecular weight is 350 g/mol. The highest BCUT2D eigenvalue weighted by Crippen LogP contribution is 2.37. The largest absolute Gasteiger partial charge is 0.469 e. The summed E-state index contributed by atoms with van der Waals surface area (Å²) in [4.78, 5) is 11.8. The normalized spacial score (nSPS) is 13.0. The summed E-state index contributed by atoms with van der Waals surface area (Å²) < 4.78 is 31.5. The van der Waals surface area contributed by atoms with Crippen LogP contribution in [0.15, 0.2) is 42.5 Å². The monoisotopic (exact) mass is 349 g/mol. The number of hydrogen-bond donors (Lipinski definition) is 0. The van der Waals surface area contributed by atoms with Gasteiger partial charge in [0.1, 0.15) is 11.6 Å². The fourth-order valence-corrected chi connectivity index (χ4v) is 2.78. The molecule has 124 valence electrons. The molecule has 0 bridgehead atoms. The lowest BCUT2D eigenvalue weighted by atomic mass is 9.80. The van der Waals surface area contributed by atoms with Gasteiger partial charge in [0.2, 0.25) is 0 Å². The molecule has 3 nitrogen and oxygen atoms in total. The third-order valence-electron chi connectivity index (χ3n) is 3.70. The van der Waals surface area contributed by atoms with Crippen molar-refractivity contribution in [1.29, 1.82) is 5.26 Å². The van der Waals surface area contributed by atoms with Crippen LogP contribution in [0.25, 0.3) is 0 Å². The van der Waals surface area contributed by atoms with Gasteiger partial charge in [-0.15, -0.1) is 0 Å². The summed E-state index contributed by atoms with van der Waals surface area (Å²) in [5, 5.41) is 9.74. The van der Waals surface area contributed by atoms with E-state index in [1.165, 1.54) is 43.5 Å². The number of hydrogen-bond acceptors (Lipinski definition) is 3. The number of methoxy groups -OCH3 is 1. The lowest BCUT2D eigenvalue weighted by Gasteiger charge is -2.22. The minimum absolute atomic E-state index is 0.133. The molecular formula is C18H14ClF2NO2. The summed E-state index contributed by atoms with van der Waals surface area (Å²) in [5.41, 5.74) is 0.925. The van der Waals surface area contributed by atoms with Crippen LogP contribution in [0.5, 0.6) is 0 Å². The van der Waals surface area contributed by atoms with Crippen molar-refractivity contribution >= 4 is 17.6 Å². The fourth-order valence-electron chi connectivity index (χ4n) is 2.55. The zero-order valence-corrected chi connectivity index (χ0v) is 13.6. The molecule has 2 unspecified atom stereocenters. The molecule has 0 aliphatic carbocycles. The van der Waals surface area contributed by atoms with E-state index in [-0.39, 0.29) is 11.4 Å². The predicted molar refractivity (Wildman–Crippen MR) is 85.5 cm³/mol. The van der Waals surface area contributed by atoms with Gasteiger partial charge in [0.25, 0.3) is 0 Å². The number of esters is 1. The van der Waals surface area contributed by atoms with E-state index in [1.54, 1.807) is 0 Å². The zero-order chi connectivity index (χ0) is 17.7. The van der Waals surface area contributed by atoms with E-state index in [9.17, 15) is 18.8 Å². The van der Waals surface area contributed by atoms with Crippen molar-refractivity contribution in [3.8, 4) is 6.07 Å². The quantitative estimate of drug-likeness (QED) is 0.743. The number of ether oxygens (including phenoxy) is 1. The average Bonchev–Trinajstić information content (AvgIpc) is 2.55. The van der Waals surface area contributed by atoms with Gasteiger partial charge in [-0.2, -0.15) is 5.26 Å². The van der Waals surface area contributed by atoms with Crippen LogP contribution >= 0.6 is 11.6 Å². The molecule has 0 aliphatic rings. The minimum atomic E-state index is -0.789. The Bertz CT molecular complexity index is 751. The highest BCUT2D eigenvalue weighted by Gasteiger charge is 2.28. The first-order chi connectivity index (χ1) is 11.4. The molecule has 2 aromatic carbocycles. The molecule has 0 saturated heterocycles. The molecule has 0 heterocycles. The molecule has 0 aromatic heterocycles. The number of benzene rings is 2. The number of halogens is 3. The maximum atomic E-state index is 13.7. The molecule has 0 amide bonds. The number of nitriles is 1. The predicted octanol–water partition coefficient (Wildman–Crippen LogP) is 4.57. The number of carbonyl (C=O) groups excluding carboxylic acids is 1. The van der Waals surface area contributed by atoms with E-state index in [1.807, 2.05) is 0 Å². The van der Waals surface area contributed by atoms with E-state index in [2.05, 4.69) is 10.8 Å². The van der Waals surface area contributed by atoms with Crippen LogP contribution in [0.2, 0.25) is 5.02 Å². The lowest BCUT2D eigenvalue weighted by Crippen LogP contribution is -2.16. The van der Waals surface area contributed by atoms with Gasteiger partial charge in [-0.05, 0) is 41.5 Å². The lowest BCUT2D eigenvalue weighted by molar-refractivity contribution is -0.141. The van der Waals surface area contributed by atoms with Gasteiger partial charge in [0, 0.05) is 10.9 Å². The van der Waals surface area contributed by atoms with Crippen molar-refractivity contribution in [3.63, 3.8) is 0 Å². The maximum absolute atomic E-state index is 13.7. The zero-order valence-electron chi connectivity index (χ0n) is 12.8. The van der Waals surface area contributed by atoms with Gasteiger partial charge in [-0.1, -0.05) is 23.7 Å². The Morgan fingerprint density at radius 2 is 1.83 bits per heavy atom. The standard InChI is InChI=1S/C18H14ClF2NO2/c1-24-18(23)9-16(12-6-13(19)8-15(21)7-12)17(10-22)11-2-4-14(20)5-3-11/h2-8,16-17H,9H2,1H3. The Labute approximate surface area is 143 Å². The van der Waals surface area contributed by atoms with Crippen LogP contribution < -0.4 is 0 Å². The Balaban J connectivity index is 2.49. The van der Waals surface area contributed by atoms with Crippen molar-refractivity contribution in [3.05, 3.63) is 70.2 Å². The minimum Gasteiger partial charge on any atom is -0.469 e. The van der Waals surface area contributed by atoms with Gasteiger partial charge >= 0.3 is 5.97 Å². The second-order valence-corrected chi connectivity index (χ2v) is 5.68. The maximum Gasteiger partial charge on any atom is 0.306 e. The Kier molecular flexibility index (Phi) is 5.88. The first-order valence-electron chi connectivity index (χ1n) is 7.12. The van der Waals surface area contributed by atoms with Crippen LogP contribution in [0.3, 0.4) is 0 Å². The number of carbonyl (C=O) groups is 1. The summed E-state index contributed by atoms with van der Waals surface area (Å²) in [7, 11) is 1.23. The molecule has 0 fully saturated rings. The van der Waals surface area contributed by atoms with E-state index in [0.29, 0.717) is 11.1 Å². The Hall–Kier alpha value is -2.45. The van der Waals surface area contributed by atoms with Gasteiger partial charge < -0.3 is 4.74 Å². The SMILES string of the molecule is COC(=O)CC(c1cc(F)cc(Cl)c1)C(C#N)c1ccc(F)cc1. The smallest absolute Gasteiger partial charge is 0.306 e. The third-order valence-corrected chi connectivity index (χ3v) is 3.92. The second kappa shape index (κ2) is 7.89. The summed E-state index contributed by atoms with van der Waals surface area (Å²) in [6.45, 7) is 0. The first-order valence-corrected chi connectivity index (χ1v) is 7.50. The van der Waals surface area contributed by atoms with Crippen molar-refractivity contribution in [2.45, 2.75) is 18.3 Å². The first kappa shape index (κ1) is 17.9. The summed E-state index contributed by atoms with van der Waals surface area (Å²) in [6, 6.07) is 11.4. The molecule has 6 heteroatoms. The van der Waals surface area contributed by atoms with E-state index >= 15 is 0 Å². The summed E-state index contributed by atoms with van der Waals surface area (Å²) in [5.74, 6) is -3.01. The van der Waals surface area contributed by atoms with Crippen LogP contribution in [-0.2, 0) is 9.53 Å². The van der Waals surface area contributed by atoms with E-state index < -0.39 is 29.4 Å². The molecule has 0 N–H and O–H groups in total. The Morgan fingerprint density at radius 3 is 2.38 bits per heavy atom. The fraction of sp³-hybridized carbons (Fsp3) is 0.222. The molecular weight excluding hydrogens is 336 g/mol. The van der Waals surface area contributed by atoms with Crippen LogP contribution in [0.1, 0.15) is 29.4 Å². The number of rotatable bonds is 5. The van der Waals surface area contributed by atoms with Crippen LogP contribution in [0.4, 0.5) is 8.78 Å². The molecule has 24 heavy (non-hydrogen) atoms. The molecule has 0 radical (unpaired) electrons. The van der Waals surface area contributed by atoms with E-state index in [4.69, 9.17) is 11.6 Å². The highest BCUT2D eigenvalue weighted by molar-refractivity contribution is 6.30. The molecule has 0 saturated carbocycles. The molecule has 2 rings (SSSR count).